The van der Waals surface area contributed by atoms with Crippen molar-refractivity contribution in [3.63, 3.8) is 0 Å². The van der Waals surface area contributed by atoms with E-state index in [0.29, 0.717) is 11.0 Å². The third kappa shape index (κ3) is 1.89. The average molecular weight is 260 g/mol. The Bertz CT molecular complexity index is 692. The number of aromatic amines is 1. The highest BCUT2D eigenvalue weighted by molar-refractivity contribution is 6.35. The standard InChI is InChI=1S/C12H10ClN5/c1-7-10-9(13)6-15-11(10)18-12(16-7)17-8-3-2-4-14-5-8/h2-6H,1H3,(H2,15,16,17,18). The number of pyridine rings is 1. The summed E-state index contributed by atoms with van der Waals surface area (Å²) in [5.41, 5.74) is 2.39. The van der Waals surface area contributed by atoms with Crippen LogP contribution in [0.5, 0.6) is 0 Å². The van der Waals surface area contributed by atoms with Crippen molar-refractivity contribution in [1.29, 1.82) is 0 Å². The fraction of sp³-hybridized carbons (Fsp3) is 0.0833. The quantitative estimate of drug-likeness (QED) is 0.742. The molecule has 0 radical (unpaired) electrons. The lowest BCUT2D eigenvalue weighted by molar-refractivity contribution is 1.14. The summed E-state index contributed by atoms with van der Waals surface area (Å²) < 4.78 is 0. The Hall–Kier alpha value is -2.14. The van der Waals surface area contributed by atoms with Crippen LogP contribution in [0.15, 0.2) is 30.7 Å². The number of aryl methyl sites for hydroxylation is 1. The zero-order valence-corrected chi connectivity index (χ0v) is 10.4. The van der Waals surface area contributed by atoms with Gasteiger partial charge in [-0.25, -0.2) is 4.98 Å². The molecule has 0 aliphatic heterocycles. The third-order valence-corrected chi connectivity index (χ3v) is 2.88. The SMILES string of the molecule is Cc1nc(Nc2cccnc2)nc2[nH]cc(Cl)c12. The topological polar surface area (TPSA) is 66.5 Å². The van der Waals surface area contributed by atoms with Crippen molar-refractivity contribution in [3.05, 3.63) is 41.4 Å². The molecule has 90 valence electrons. The van der Waals surface area contributed by atoms with Crippen LogP contribution >= 0.6 is 11.6 Å². The minimum Gasteiger partial charge on any atom is -0.344 e. The summed E-state index contributed by atoms with van der Waals surface area (Å²) in [6.07, 6.45) is 5.14. The number of fused-ring (bicyclic) bond motifs is 1. The molecule has 3 aromatic heterocycles. The van der Waals surface area contributed by atoms with Gasteiger partial charge in [0.15, 0.2) is 0 Å². The molecular formula is C12H10ClN5. The smallest absolute Gasteiger partial charge is 0.229 e. The van der Waals surface area contributed by atoms with Crippen molar-refractivity contribution in [2.75, 3.05) is 5.32 Å². The van der Waals surface area contributed by atoms with Crippen LogP contribution in [0.2, 0.25) is 5.02 Å². The second kappa shape index (κ2) is 4.27. The van der Waals surface area contributed by atoms with Crippen molar-refractivity contribution in [2.24, 2.45) is 0 Å². The van der Waals surface area contributed by atoms with Gasteiger partial charge in [0.1, 0.15) is 5.65 Å². The maximum atomic E-state index is 6.05. The van der Waals surface area contributed by atoms with E-state index in [4.69, 9.17) is 11.6 Å². The molecule has 0 saturated carbocycles. The molecule has 3 heterocycles. The Labute approximate surface area is 108 Å². The zero-order valence-electron chi connectivity index (χ0n) is 9.61. The number of aromatic nitrogens is 4. The minimum absolute atomic E-state index is 0.520. The number of H-pyrrole nitrogens is 1. The van der Waals surface area contributed by atoms with Crippen LogP contribution < -0.4 is 5.32 Å². The normalized spacial score (nSPS) is 10.8. The summed E-state index contributed by atoms with van der Waals surface area (Å²) in [4.78, 5) is 15.8. The predicted molar refractivity (Wildman–Crippen MR) is 71.2 cm³/mol. The third-order valence-electron chi connectivity index (χ3n) is 2.58. The summed E-state index contributed by atoms with van der Waals surface area (Å²) in [5, 5.41) is 4.59. The molecular weight excluding hydrogens is 250 g/mol. The van der Waals surface area contributed by atoms with E-state index < -0.39 is 0 Å². The number of nitrogens with one attached hydrogen (secondary N) is 2. The van der Waals surface area contributed by atoms with Crippen LogP contribution in [-0.4, -0.2) is 19.9 Å². The minimum atomic E-state index is 0.520. The van der Waals surface area contributed by atoms with E-state index in [2.05, 4.69) is 25.3 Å². The largest absolute Gasteiger partial charge is 0.344 e. The lowest BCUT2D eigenvalue weighted by atomic mass is 10.3. The van der Waals surface area contributed by atoms with Gasteiger partial charge in [-0.05, 0) is 19.1 Å². The van der Waals surface area contributed by atoms with Gasteiger partial charge in [-0.15, -0.1) is 0 Å². The highest BCUT2D eigenvalue weighted by Crippen LogP contribution is 2.25. The summed E-state index contributed by atoms with van der Waals surface area (Å²) >= 11 is 6.05. The van der Waals surface area contributed by atoms with E-state index in [1.165, 1.54) is 0 Å². The van der Waals surface area contributed by atoms with Crippen LogP contribution in [0.1, 0.15) is 5.69 Å². The Kier molecular flexibility index (Phi) is 2.60. The van der Waals surface area contributed by atoms with E-state index in [1.54, 1.807) is 18.6 Å². The fourth-order valence-electron chi connectivity index (χ4n) is 1.79. The summed E-state index contributed by atoms with van der Waals surface area (Å²) in [5.74, 6) is 0.520. The number of hydrogen-bond donors (Lipinski definition) is 2. The van der Waals surface area contributed by atoms with E-state index in [9.17, 15) is 0 Å². The zero-order chi connectivity index (χ0) is 12.5. The van der Waals surface area contributed by atoms with E-state index in [0.717, 1.165) is 22.4 Å². The first kappa shape index (κ1) is 11.0. The maximum absolute atomic E-state index is 6.05. The Morgan fingerprint density at radius 1 is 1.33 bits per heavy atom. The van der Waals surface area contributed by atoms with Crippen LogP contribution in [-0.2, 0) is 0 Å². The molecule has 3 aromatic rings. The second-order valence-electron chi connectivity index (χ2n) is 3.86. The van der Waals surface area contributed by atoms with Crippen molar-refractivity contribution in [2.45, 2.75) is 6.92 Å². The molecule has 0 unspecified atom stereocenters. The lowest BCUT2D eigenvalue weighted by Gasteiger charge is -2.05. The van der Waals surface area contributed by atoms with Crippen LogP contribution in [0, 0.1) is 6.92 Å². The number of hydrogen-bond acceptors (Lipinski definition) is 4. The first-order chi connectivity index (χ1) is 8.74. The molecule has 0 saturated heterocycles. The number of rotatable bonds is 2. The van der Waals surface area contributed by atoms with Gasteiger partial charge in [-0.1, -0.05) is 11.6 Å². The molecule has 5 nitrogen and oxygen atoms in total. The van der Waals surface area contributed by atoms with Crippen LogP contribution in [0.3, 0.4) is 0 Å². The molecule has 0 atom stereocenters. The van der Waals surface area contributed by atoms with Gasteiger partial charge in [0, 0.05) is 12.4 Å². The average Bonchev–Trinajstić information content (AvgIpc) is 2.72. The summed E-state index contributed by atoms with van der Waals surface area (Å²) in [7, 11) is 0. The highest BCUT2D eigenvalue weighted by Gasteiger charge is 2.09. The van der Waals surface area contributed by atoms with E-state index in [1.807, 2.05) is 19.1 Å². The number of nitrogens with zero attached hydrogens (tertiary/aromatic N) is 3. The molecule has 2 N–H and O–H groups in total. The molecule has 18 heavy (non-hydrogen) atoms. The molecule has 0 aliphatic carbocycles. The van der Waals surface area contributed by atoms with Gasteiger partial charge >= 0.3 is 0 Å². The van der Waals surface area contributed by atoms with Crippen molar-refractivity contribution < 1.29 is 0 Å². The highest BCUT2D eigenvalue weighted by atomic mass is 35.5. The molecule has 3 rings (SSSR count). The van der Waals surface area contributed by atoms with Gasteiger partial charge in [0.05, 0.1) is 28.0 Å². The van der Waals surface area contributed by atoms with Crippen molar-refractivity contribution >= 4 is 34.3 Å². The van der Waals surface area contributed by atoms with Crippen LogP contribution in [0.25, 0.3) is 11.0 Å². The van der Waals surface area contributed by atoms with Gasteiger partial charge in [0.25, 0.3) is 0 Å². The van der Waals surface area contributed by atoms with Gasteiger partial charge in [0.2, 0.25) is 5.95 Å². The monoisotopic (exact) mass is 259 g/mol. The molecule has 6 heteroatoms. The first-order valence-electron chi connectivity index (χ1n) is 5.42. The number of halogens is 1. The Morgan fingerprint density at radius 3 is 3.00 bits per heavy atom. The maximum Gasteiger partial charge on any atom is 0.229 e. The predicted octanol–water partition coefficient (Wildman–Crippen LogP) is 3.06. The van der Waals surface area contributed by atoms with Gasteiger partial charge in [-0.3, -0.25) is 4.98 Å². The molecule has 0 bridgehead atoms. The molecule has 0 spiro atoms. The van der Waals surface area contributed by atoms with Crippen LogP contribution in [0.4, 0.5) is 11.6 Å². The Morgan fingerprint density at radius 2 is 2.22 bits per heavy atom. The van der Waals surface area contributed by atoms with Crippen molar-refractivity contribution in [1.82, 2.24) is 19.9 Å². The van der Waals surface area contributed by atoms with Crippen molar-refractivity contribution in [3.8, 4) is 0 Å². The first-order valence-corrected chi connectivity index (χ1v) is 5.80. The van der Waals surface area contributed by atoms with E-state index >= 15 is 0 Å². The number of anilines is 2. The van der Waals surface area contributed by atoms with Gasteiger partial charge in [-0.2, -0.15) is 4.98 Å². The summed E-state index contributed by atoms with van der Waals surface area (Å²) in [6.45, 7) is 1.90. The lowest BCUT2D eigenvalue weighted by Crippen LogP contribution is -1.99. The fourth-order valence-corrected chi connectivity index (χ4v) is 2.07. The molecule has 0 aromatic carbocycles. The molecule has 0 fully saturated rings. The summed E-state index contributed by atoms with van der Waals surface area (Å²) in [6, 6.07) is 3.75. The van der Waals surface area contributed by atoms with E-state index in [-0.39, 0.29) is 0 Å². The second-order valence-corrected chi connectivity index (χ2v) is 4.27. The molecule has 0 amide bonds. The molecule has 0 aliphatic rings. The Balaban J connectivity index is 2.03. The van der Waals surface area contributed by atoms with Gasteiger partial charge < -0.3 is 10.3 Å².